The summed E-state index contributed by atoms with van der Waals surface area (Å²) < 4.78 is 3.32. The standard InChI is InChI=1S/C17H20BrNO/c1-11-4-5-12(18)8-14(11)19-7-6-13-15(19)9-17(2,3)10-16(13)20/h4-8,16,20H,9-10H2,1-3H3. The van der Waals surface area contributed by atoms with E-state index in [1.165, 1.54) is 16.9 Å². The molecule has 1 aromatic heterocycles. The van der Waals surface area contributed by atoms with E-state index in [4.69, 9.17) is 0 Å². The lowest BCUT2D eigenvalue weighted by atomic mass is 9.75. The third kappa shape index (κ3) is 2.33. The van der Waals surface area contributed by atoms with Crippen molar-refractivity contribution >= 4 is 15.9 Å². The molecule has 2 aromatic rings. The van der Waals surface area contributed by atoms with E-state index in [-0.39, 0.29) is 11.5 Å². The average Bonchev–Trinajstić information content (AvgIpc) is 2.74. The Morgan fingerprint density at radius 2 is 2.05 bits per heavy atom. The molecule has 20 heavy (non-hydrogen) atoms. The molecule has 3 rings (SSSR count). The van der Waals surface area contributed by atoms with Crippen LogP contribution in [-0.2, 0) is 6.42 Å². The number of hydrogen-bond acceptors (Lipinski definition) is 1. The summed E-state index contributed by atoms with van der Waals surface area (Å²) in [6, 6.07) is 8.39. The molecular formula is C17H20BrNO. The van der Waals surface area contributed by atoms with Crippen molar-refractivity contribution in [2.24, 2.45) is 5.41 Å². The van der Waals surface area contributed by atoms with Crippen LogP contribution in [0.25, 0.3) is 5.69 Å². The van der Waals surface area contributed by atoms with E-state index in [9.17, 15) is 5.11 Å². The van der Waals surface area contributed by atoms with Gasteiger partial charge in [-0.2, -0.15) is 0 Å². The lowest BCUT2D eigenvalue weighted by molar-refractivity contribution is 0.0987. The Balaban J connectivity index is 2.16. The number of nitrogens with zero attached hydrogens (tertiary/aromatic N) is 1. The van der Waals surface area contributed by atoms with E-state index in [1.807, 2.05) is 0 Å². The maximum Gasteiger partial charge on any atom is 0.0812 e. The van der Waals surface area contributed by atoms with Gasteiger partial charge < -0.3 is 9.67 Å². The van der Waals surface area contributed by atoms with E-state index < -0.39 is 0 Å². The van der Waals surface area contributed by atoms with Gasteiger partial charge in [0.05, 0.1) is 6.10 Å². The highest BCUT2D eigenvalue weighted by Crippen LogP contribution is 2.42. The molecule has 1 aliphatic carbocycles. The van der Waals surface area contributed by atoms with Gasteiger partial charge in [0.2, 0.25) is 0 Å². The van der Waals surface area contributed by atoms with Gasteiger partial charge in [0.15, 0.2) is 0 Å². The minimum Gasteiger partial charge on any atom is -0.388 e. The van der Waals surface area contributed by atoms with Gasteiger partial charge in [-0.15, -0.1) is 0 Å². The fourth-order valence-corrected chi connectivity index (χ4v) is 3.55. The SMILES string of the molecule is Cc1ccc(Br)cc1-n1ccc2c1CC(C)(C)CC2O. The van der Waals surface area contributed by atoms with Gasteiger partial charge >= 0.3 is 0 Å². The number of aliphatic hydroxyl groups excluding tert-OH is 1. The van der Waals surface area contributed by atoms with E-state index in [0.29, 0.717) is 0 Å². The van der Waals surface area contributed by atoms with Crippen molar-refractivity contribution in [1.82, 2.24) is 4.57 Å². The van der Waals surface area contributed by atoms with Crippen LogP contribution in [0.4, 0.5) is 0 Å². The van der Waals surface area contributed by atoms with Gasteiger partial charge in [-0.05, 0) is 48.9 Å². The fourth-order valence-electron chi connectivity index (χ4n) is 3.20. The second kappa shape index (κ2) is 4.74. The molecule has 2 nitrogen and oxygen atoms in total. The Labute approximate surface area is 128 Å². The molecule has 1 atom stereocenters. The molecule has 0 saturated carbocycles. The minimum absolute atomic E-state index is 0.141. The third-order valence-electron chi connectivity index (χ3n) is 4.21. The zero-order valence-corrected chi connectivity index (χ0v) is 13.7. The Hall–Kier alpha value is -1.06. The van der Waals surface area contributed by atoms with Gasteiger partial charge in [0, 0.05) is 27.6 Å². The second-order valence-corrected chi connectivity index (χ2v) is 7.50. The summed E-state index contributed by atoms with van der Waals surface area (Å²) in [6.45, 7) is 6.58. The highest BCUT2D eigenvalue weighted by molar-refractivity contribution is 9.10. The average molecular weight is 334 g/mol. The number of benzene rings is 1. The molecule has 1 heterocycles. The number of halogens is 1. The van der Waals surface area contributed by atoms with Crippen molar-refractivity contribution in [3.8, 4) is 5.69 Å². The molecule has 0 amide bonds. The van der Waals surface area contributed by atoms with Crippen molar-refractivity contribution in [1.29, 1.82) is 0 Å². The Bertz CT molecular complexity index is 657. The van der Waals surface area contributed by atoms with E-state index in [2.05, 4.69) is 71.7 Å². The van der Waals surface area contributed by atoms with Gasteiger partial charge in [0.25, 0.3) is 0 Å². The summed E-state index contributed by atoms with van der Waals surface area (Å²) in [4.78, 5) is 0. The molecule has 1 aliphatic rings. The summed E-state index contributed by atoms with van der Waals surface area (Å²) in [6.07, 6.45) is 3.58. The van der Waals surface area contributed by atoms with Crippen molar-refractivity contribution in [3.05, 3.63) is 51.8 Å². The highest BCUT2D eigenvalue weighted by Gasteiger charge is 2.33. The van der Waals surface area contributed by atoms with E-state index in [0.717, 1.165) is 22.9 Å². The molecule has 1 aromatic carbocycles. The number of aliphatic hydroxyl groups is 1. The second-order valence-electron chi connectivity index (χ2n) is 6.58. The minimum atomic E-state index is -0.345. The quantitative estimate of drug-likeness (QED) is 0.813. The smallest absolute Gasteiger partial charge is 0.0812 e. The molecule has 1 N–H and O–H groups in total. The molecule has 0 bridgehead atoms. The Kier molecular flexibility index (Phi) is 3.30. The maximum absolute atomic E-state index is 10.4. The molecule has 0 aliphatic heterocycles. The third-order valence-corrected chi connectivity index (χ3v) is 4.70. The monoisotopic (exact) mass is 333 g/mol. The number of rotatable bonds is 1. The van der Waals surface area contributed by atoms with Crippen LogP contribution in [0.1, 0.15) is 43.2 Å². The first-order valence-corrected chi connectivity index (χ1v) is 7.81. The number of aromatic nitrogens is 1. The summed E-state index contributed by atoms with van der Waals surface area (Å²) in [5.41, 5.74) is 4.90. The van der Waals surface area contributed by atoms with Crippen molar-refractivity contribution in [3.63, 3.8) is 0 Å². The van der Waals surface area contributed by atoms with Crippen LogP contribution in [0.5, 0.6) is 0 Å². The van der Waals surface area contributed by atoms with Crippen LogP contribution in [-0.4, -0.2) is 9.67 Å². The van der Waals surface area contributed by atoms with Crippen molar-refractivity contribution < 1.29 is 5.11 Å². The molecule has 0 radical (unpaired) electrons. The maximum atomic E-state index is 10.4. The number of aryl methyl sites for hydroxylation is 1. The first kappa shape index (κ1) is 13.9. The van der Waals surface area contributed by atoms with Gasteiger partial charge in [-0.1, -0.05) is 35.8 Å². The molecule has 1 unspecified atom stereocenters. The van der Waals surface area contributed by atoms with Gasteiger partial charge in [-0.25, -0.2) is 0 Å². The topological polar surface area (TPSA) is 25.2 Å². The van der Waals surface area contributed by atoms with Crippen LogP contribution < -0.4 is 0 Å². The van der Waals surface area contributed by atoms with Crippen LogP contribution in [0, 0.1) is 12.3 Å². The Morgan fingerprint density at radius 1 is 1.30 bits per heavy atom. The lowest BCUT2D eigenvalue weighted by Crippen LogP contribution is -2.26. The summed E-state index contributed by atoms with van der Waals surface area (Å²) in [7, 11) is 0. The predicted octanol–water partition coefficient (Wildman–Crippen LogP) is 4.55. The van der Waals surface area contributed by atoms with Crippen LogP contribution in [0.3, 0.4) is 0 Å². The van der Waals surface area contributed by atoms with E-state index >= 15 is 0 Å². The summed E-state index contributed by atoms with van der Waals surface area (Å²) >= 11 is 3.55. The van der Waals surface area contributed by atoms with Gasteiger partial charge in [-0.3, -0.25) is 0 Å². The molecule has 0 saturated heterocycles. The first-order chi connectivity index (χ1) is 9.37. The van der Waals surface area contributed by atoms with Crippen LogP contribution in [0.2, 0.25) is 0 Å². The zero-order valence-electron chi connectivity index (χ0n) is 12.2. The highest BCUT2D eigenvalue weighted by atomic mass is 79.9. The number of hydrogen-bond donors (Lipinski definition) is 1. The summed E-state index contributed by atoms with van der Waals surface area (Å²) in [5, 5.41) is 10.4. The predicted molar refractivity (Wildman–Crippen MR) is 85.3 cm³/mol. The molecule has 106 valence electrons. The van der Waals surface area contributed by atoms with Crippen LogP contribution in [0.15, 0.2) is 34.9 Å². The van der Waals surface area contributed by atoms with Crippen molar-refractivity contribution in [2.75, 3.05) is 0 Å². The lowest BCUT2D eigenvalue weighted by Gasteiger charge is -2.34. The van der Waals surface area contributed by atoms with E-state index in [1.54, 1.807) is 0 Å². The fraction of sp³-hybridized carbons (Fsp3) is 0.412. The van der Waals surface area contributed by atoms with Crippen LogP contribution >= 0.6 is 15.9 Å². The normalized spacial score (nSPS) is 20.8. The zero-order chi connectivity index (χ0) is 14.5. The Morgan fingerprint density at radius 3 is 2.80 bits per heavy atom. The summed E-state index contributed by atoms with van der Waals surface area (Å²) in [5.74, 6) is 0. The molecule has 0 fully saturated rings. The van der Waals surface area contributed by atoms with Gasteiger partial charge in [0.1, 0.15) is 0 Å². The number of fused-ring (bicyclic) bond motifs is 1. The largest absolute Gasteiger partial charge is 0.388 e. The first-order valence-electron chi connectivity index (χ1n) is 7.02. The van der Waals surface area contributed by atoms with Crippen molar-refractivity contribution in [2.45, 2.75) is 39.7 Å². The molecule has 0 spiro atoms. The molecule has 3 heteroatoms. The molecular weight excluding hydrogens is 314 g/mol.